The standard InChI is InChI=1S/C21H14F9N3O2/c1-35-18(21(28,29)30,12-5-3-2-4-6-12)17(34)31-13-7-9-14(10-8-13)33-16(20(25,26)27)11-15(32-33)19(22,23)24/h2-11H,1H3,(H,31,34)/t18-/m1/s1. The third-order valence-corrected chi connectivity index (χ3v) is 4.87. The van der Waals surface area contributed by atoms with Gasteiger partial charge in [0.15, 0.2) is 5.69 Å². The Kier molecular flexibility index (Phi) is 6.63. The molecule has 35 heavy (non-hydrogen) atoms. The van der Waals surface area contributed by atoms with E-state index in [2.05, 4.69) is 9.84 Å². The van der Waals surface area contributed by atoms with Crippen molar-refractivity contribution in [2.45, 2.75) is 24.1 Å². The second-order valence-corrected chi connectivity index (χ2v) is 7.07. The van der Waals surface area contributed by atoms with Gasteiger partial charge in [-0.3, -0.25) is 4.79 Å². The van der Waals surface area contributed by atoms with E-state index < -0.39 is 52.7 Å². The van der Waals surface area contributed by atoms with Crippen LogP contribution in [0.5, 0.6) is 0 Å². The Morgan fingerprint density at radius 2 is 1.43 bits per heavy atom. The van der Waals surface area contributed by atoms with Crippen LogP contribution in [0, 0.1) is 0 Å². The second kappa shape index (κ2) is 8.91. The number of alkyl halides is 9. The van der Waals surface area contributed by atoms with Gasteiger partial charge in [0.2, 0.25) is 0 Å². The van der Waals surface area contributed by atoms with Crippen molar-refractivity contribution in [1.29, 1.82) is 0 Å². The molecule has 2 aromatic carbocycles. The molecule has 1 heterocycles. The molecule has 1 N–H and O–H groups in total. The van der Waals surface area contributed by atoms with Gasteiger partial charge in [0.25, 0.3) is 11.5 Å². The number of hydrogen-bond donors (Lipinski definition) is 1. The fourth-order valence-corrected chi connectivity index (χ4v) is 3.25. The number of carbonyl (C=O) groups excluding carboxylic acids is 1. The maximum Gasteiger partial charge on any atom is 0.435 e. The summed E-state index contributed by atoms with van der Waals surface area (Å²) in [5.41, 5.74) is -8.24. The van der Waals surface area contributed by atoms with Crippen LogP contribution in [-0.4, -0.2) is 29.0 Å². The average Bonchev–Trinajstić information content (AvgIpc) is 3.22. The van der Waals surface area contributed by atoms with Gasteiger partial charge < -0.3 is 10.1 Å². The highest BCUT2D eigenvalue weighted by atomic mass is 19.4. The van der Waals surface area contributed by atoms with Gasteiger partial charge >= 0.3 is 18.5 Å². The predicted molar refractivity (Wildman–Crippen MR) is 103 cm³/mol. The zero-order valence-corrected chi connectivity index (χ0v) is 17.4. The Hall–Kier alpha value is -3.55. The molecule has 0 aliphatic heterocycles. The second-order valence-electron chi connectivity index (χ2n) is 7.07. The monoisotopic (exact) mass is 511 g/mol. The van der Waals surface area contributed by atoms with Crippen molar-refractivity contribution in [3.63, 3.8) is 0 Å². The highest BCUT2D eigenvalue weighted by molar-refractivity contribution is 5.98. The van der Waals surface area contributed by atoms with Gasteiger partial charge in [-0.2, -0.15) is 44.6 Å². The van der Waals surface area contributed by atoms with Crippen LogP contribution in [0.4, 0.5) is 45.2 Å². The van der Waals surface area contributed by atoms with Gasteiger partial charge in [0.05, 0.1) is 5.69 Å². The first-order valence-electron chi connectivity index (χ1n) is 9.45. The minimum atomic E-state index is -5.21. The first-order valence-corrected chi connectivity index (χ1v) is 9.45. The van der Waals surface area contributed by atoms with E-state index in [4.69, 9.17) is 0 Å². The molecule has 0 fully saturated rings. The number of hydrogen-bond acceptors (Lipinski definition) is 3. The maximum absolute atomic E-state index is 14.0. The number of carbonyl (C=O) groups is 1. The summed E-state index contributed by atoms with van der Waals surface area (Å²) < 4.78 is 125. The third kappa shape index (κ3) is 4.97. The summed E-state index contributed by atoms with van der Waals surface area (Å²) in [6.45, 7) is 0. The minimum Gasteiger partial charge on any atom is -0.356 e. The number of anilines is 1. The van der Waals surface area contributed by atoms with Crippen LogP contribution >= 0.6 is 0 Å². The smallest absolute Gasteiger partial charge is 0.356 e. The molecule has 3 aromatic rings. The number of methoxy groups -OCH3 is 1. The molecule has 0 aliphatic rings. The molecule has 0 unspecified atom stereocenters. The lowest BCUT2D eigenvalue weighted by Gasteiger charge is -2.33. The molecule has 0 aliphatic carbocycles. The molecule has 0 bridgehead atoms. The van der Waals surface area contributed by atoms with Crippen LogP contribution in [0.15, 0.2) is 60.7 Å². The van der Waals surface area contributed by atoms with E-state index in [1.807, 2.05) is 5.32 Å². The van der Waals surface area contributed by atoms with Gasteiger partial charge in [-0.1, -0.05) is 30.3 Å². The predicted octanol–water partition coefficient (Wildman–Crippen LogP) is 5.95. The van der Waals surface area contributed by atoms with Crippen LogP contribution in [0.1, 0.15) is 17.0 Å². The molecule has 188 valence electrons. The van der Waals surface area contributed by atoms with Crippen LogP contribution in [0.3, 0.4) is 0 Å². The Bertz CT molecular complexity index is 1180. The Morgan fingerprint density at radius 1 is 0.857 bits per heavy atom. The number of benzene rings is 2. The van der Waals surface area contributed by atoms with Gasteiger partial charge in [-0.25, -0.2) is 4.68 Å². The Labute approximate surface area is 191 Å². The molecule has 0 radical (unpaired) electrons. The third-order valence-electron chi connectivity index (χ3n) is 4.87. The van der Waals surface area contributed by atoms with E-state index in [1.54, 1.807) is 0 Å². The summed E-state index contributed by atoms with van der Waals surface area (Å²) in [6, 6.07) is 9.32. The molecule has 5 nitrogen and oxygen atoms in total. The summed E-state index contributed by atoms with van der Waals surface area (Å²) in [5, 5.41) is 4.92. The quantitative estimate of drug-likeness (QED) is 0.431. The van der Waals surface area contributed by atoms with Crippen molar-refractivity contribution in [3.05, 3.63) is 77.6 Å². The van der Waals surface area contributed by atoms with E-state index in [-0.39, 0.29) is 16.4 Å². The van der Waals surface area contributed by atoms with E-state index in [0.29, 0.717) is 7.11 Å². The van der Waals surface area contributed by atoms with Gasteiger partial charge in [-0.15, -0.1) is 0 Å². The summed E-state index contributed by atoms with van der Waals surface area (Å²) in [7, 11) is 0.678. The molecule has 1 aromatic heterocycles. The zero-order chi connectivity index (χ0) is 26.2. The highest BCUT2D eigenvalue weighted by Crippen LogP contribution is 2.43. The number of rotatable bonds is 5. The van der Waals surface area contributed by atoms with Crippen molar-refractivity contribution in [2.75, 3.05) is 12.4 Å². The summed E-state index contributed by atoms with van der Waals surface area (Å²) in [4.78, 5) is 12.7. The van der Waals surface area contributed by atoms with Crippen molar-refractivity contribution in [3.8, 4) is 5.69 Å². The molecular weight excluding hydrogens is 497 g/mol. The molecular formula is C21H14F9N3O2. The first-order chi connectivity index (χ1) is 16.1. The number of halogens is 9. The van der Waals surface area contributed by atoms with Crippen LogP contribution in [0.25, 0.3) is 5.69 Å². The lowest BCUT2D eigenvalue weighted by atomic mass is 9.91. The Balaban J connectivity index is 1.97. The minimum absolute atomic E-state index is 0.00639. The van der Waals surface area contributed by atoms with Crippen molar-refractivity contribution in [1.82, 2.24) is 9.78 Å². The summed E-state index contributed by atoms with van der Waals surface area (Å²) in [5.74, 6) is -1.65. The lowest BCUT2D eigenvalue weighted by Crippen LogP contribution is -2.53. The molecule has 1 amide bonds. The van der Waals surface area contributed by atoms with Crippen molar-refractivity contribution >= 4 is 11.6 Å². The summed E-state index contributed by atoms with van der Waals surface area (Å²) in [6.07, 6.45) is -15.6. The van der Waals surface area contributed by atoms with E-state index in [1.165, 1.54) is 18.2 Å². The molecule has 14 heteroatoms. The van der Waals surface area contributed by atoms with Crippen molar-refractivity contribution < 1.29 is 49.0 Å². The van der Waals surface area contributed by atoms with Gasteiger partial charge in [-0.05, 0) is 24.3 Å². The normalized spacial score (nSPS) is 14.5. The fourth-order valence-electron chi connectivity index (χ4n) is 3.25. The van der Waals surface area contributed by atoms with E-state index in [0.717, 1.165) is 36.4 Å². The fraction of sp³-hybridized carbons (Fsp3) is 0.238. The summed E-state index contributed by atoms with van der Waals surface area (Å²) >= 11 is 0. The number of amides is 1. The topological polar surface area (TPSA) is 56.1 Å². The molecule has 0 saturated carbocycles. The first kappa shape index (κ1) is 26.1. The van der Waals surface area contributed by atoms with Crippen molar-refractivity contribution in [2.24, 2.45) is 0 Å². The maximum atomic E-state index is 14.0. The highest BCUT2D eigenvalue weighted by Gasteiger charge is 2.62. The van der Waals surface area contributed by atoms with Gasteiger partial charge in [0.1, 0.15) is 5.69 Å². The largest absolute Gasteiger partial charge is 0.435 e. The lowest BCUT2D eigenvalue weighted by molar-refractivity contribution is -0.263. The number of nitrogens with zero attached hydrogens (tertiary/aromatic N) is 2. The molecule has 0 saturated heterocycles. The van der Waals surface area contributed by atoms with Crippen LogP contribution in [0.2, 0.25) is 0 Å². The van der Waals surface area contributed by atoms with Crippen LogP contribution in [-0.2, 0) is 27.5 Å². The van der Waals surface area contributed by atoms with Gasteiger partial charge in [0, 0.05) is 24.4 Å². The SMILES string of the molecule is CO[C@@](C(=O)Nc1ccc(-n2nc(C(F)(F)F)cc2C(F)(F)F)cc1)(c1ccccc1)C(F)(F)F. The Morgan fingerprint density at radius 3 is 1.89 bits per heavy atom. The molecule has 1 atom stereocenters. The zero-order valence-electron chi connectivity index (χ0n) is 17.4. The molecule has 0 spiro atoms. The average molecular weight is 511 g/mol. The van der Waals surface area contributed by atoms with E-state index in [9.17, 15) is 44.3 Å². The van der Waals surface area contributed by atoms with Crippen LogP contribution < -0.4 is 5.32 Å². The number of ether oxygens (including phenoxy) is 1. The van der Waals surface area contributed by atoms with E-state index >= 15 is 0 Å². The number of nitrogens with one attached hydrogen (secondary N) is 1. The molecule has 3 rings (SSSR count). The number of aromatic nitrogens is 2.